The zero-order valence-corrected chi connectivity index (χ0v) is 11.2. The molecule has 1 fully saturated rings. The van der Waals surface area contributed by atoms with E-state index in [1.807, 2.05) is 24.3 Å². The van der Waals surface area contributed by atoms with E-state index in [1.165, 1.54) is 25.7 Å². The van der Waals surface area contributed by atoms with Crippen molar-refractivity contribution < 1.29 is 10.0 Å². The van der Waals surface area contributed by atoms with Crippen LogP contribution in [-0.2, 0) is 4.79 Å². The third-order valence-corrected chi connectivity index (χ3v) is 3.66. The van der Waals surface area contributed by atoms with Gasteiger partial charge in [0.1, 0.15) is 0 Å². The summed E-state index contributed by atoms with van der Waals surface area (Å²) in [7, 11) is 0. The summed E-state index contributed by atoms with van der Waals surface area (Å²) < 4.78 is 0. The molecule has 0 bridgehead atoms. The number of anilines is 1. The number of hydrogen-bond acceptors (Lipinski definition) is 3. The van der Waals surface area contributed by atoms with Gasteiger partial charge in [-0.1, -0.05) is 30.1 Å². The summed E-state index contributed by atoms with van der Waals surface area (Å²) in [6, 6.07) is 7.36. The van der Waals surface area contributed by atoms with Gasteiger partial charge >= 0.3 is 0 Å². The summed E-state index contributed by atoms with van der Waals surface area (Å²) in [5.41, 5.74) is 2.09. The summed E-state index contributed by atoms with van der Waals surface area (Å²) in [5.74, 6) is 0.617. The Balaban J connectivity index is 1.96. The fourth-order valence-electron chi connectivity index (χ4n) is 2.57. The quantitative estimate of drug-likeness (QED) is 0.495. The number of hydrogen-bond donors (Lipinski definition) is 2. The first-order chi connectivity index (χ1) is 9.19. The molecule has 0 saturated heterocycles. The molecule has 1 amide bonds. The molecule has 1 aliphatic rings. The largest absolute Gasteiger partial charge is 0.411 e. The maximum absolute atomic E-state index is 11.9. The third kappa shape index (κ3) is 3.81. The van der Waals surface area contributed by atoms with Gasteiger partial charge < -0.3 is 10.5 Å². The molecule has 0 unspecified atom stereocenters. The molecular weight excluding hydrogens is 240 g/mol. The van der Waals surface area contributed by atoms with E-state index in [4.69, 9.17) is 5.21 Å². The molecule has 1 saturated carbocycles. The molecule has 1 aromatic carbocycles. The number of amides is 1. The van der Waals surface area contributed by atoms with Gasteiger partial charge in [-0.2, -0.15) is 0 Å². The van der Waals surface area contributed by atoms with Gasteiger partial charge in [0.05, 0.1) is 5.71 Å². The van der Waals surface area contributed by atoms with Crippen LogP contribution >= 0.6 is 0 Å². The summed E-state index contributed by atoms with van der Waals surface area (Å²) in [6.45, 7) is 1.72. The van der Waals surface area contributed by atoms with Crippen LogP contribution in [0.2, 0.25) is 0 Å². The molecule has 0 atom stereocenters. The van der Waals surface area contributed by atoms with E-state index in [-0.39, 0.29) is 5.91 Å². The smallest absolute Gasteiger partial charge is 0.224 e. The molecular formula is C15H20N2O2. The maximum Gasteiger partial charge on any atom is 0.224 e. The van der Waals surface area contributed by atoms with Crippen molar-refractivity contribution in [2.24, 2.45) is 11.1 Å². The van der Waals surface area contributed by atoms with Gasteiger partial charge in [0.2, 0.25) is 5.91 Å². The van der Waals surface area contributed by atoms with Gasteiger partial charge in [0.15, 0.2) is 0 Å². The first-order valence-corrected chi connectivity index (χ1v) is 6.78. The predicted octanol–water partition coefficient (Wildman–Crippen LogP) is 3.40. The molecule has 19 heavy (non-hydrogen) atoms. The lowest BCUT2D eigenvalue weighted by Gasteiger charge is -2.10. The molecule has 0 spiro atoms. The molecule has 4 heteroatoms. The van der Waals surface area contributed by atoms with Crippen LogP contribution in [-0.4, -0.2) is 16.8 Å². The second kappa shape index (κ2) is 6.36. The highest BCUT2D eigenvalue weighted by Crippen LogP contribution is 2.27. The van der Waals surface area contributed by atoms with Gasteiger partial charge in [0.25, 0.3) is 0 Å². The van der Waals surface area contributed by atoms with Crippen molar-refractivity contribution in [3.63, 3.8) is 0 Å². The van der Waals surface area contributed by atoms with E-state index >= 15 is 0 Å². The van der Waals surface area contributed by atoms with Crippen LogP contribution in [0.3, 0.4) is 0 Å². The fraction of sp³-hybridized carbons (Fsp3) is 0.467. The Morgan fingerprint density at radius 1 is 1.42 bits per heavy atom. The van der Waals surface area contributed by atoms with E-state index < -0.39 is 0 Å². The number of rotatable bonds is 4. The second-order valence-corrected chi connectivity index (χ2v) is 5.17. The summed E-state index contributed by atoms with van der Waals surface area (Å²) in [4.78, 5) is 11.9. The topological polar surface area (TPSA) is 61.7 Å². The van der Waals surface area contributed by atoms with Crippen LogP contribution in [0.15, 0.2) is 29.4 Å². The zero-order valence-electron chi connectivity index (χ0n) is 11.2. The highest BCUT2D eigenvalue weighted by Gasteiger charge is 2.18. The van der Waals surface area contributed by atoms with Gasteiger partial charge in [-0.15, -0.1) is 0 Å². The normalized spacial score (nSPS) is 16.6. The van der Waals surface area contributed by atoms with Gasteiger partial charge in [-0.25, -0.2) is 0 Å². The Morgan fingerprint density at radius 2 is 2.16 bits per heavy atom. The molecule has 0 aromatic heterocycles. The molecule has 4 nitrogen and oxygen atoms in total. The number of carbonyl (C=O) groups excluding carboxylic acids is 1. The minimum atomic E-state index is 0.0719. The molecule has 2 N–H and O–H groups in total. The van der Waals surface area contributed by atoms with Crippen LogP contribution in [0, 0.1) is 5.92 Å². The highest BCUT2D eigenvalue weighted by atomic mass is 16.4. The molecule has 2 rings (SSSR count). The van der Waals surface area contributed by atoms with E-state index in [0.717, 1.165) is 11.3 Å². The molecule has 1 aromatic rings. The maximum atomic E-state index is 11.9. The van der Waals surface area contributed by atoms with Crippen LogP contribution in [0.5, 0.6) is 0 Å². The number of carbonyl (C=O) groups is 1. The van der Waals surface area contributed by atoms with Gasteiger partial charge in [-0.05, 0) is 37.8 Å². The fourth-order valence-corrected chi connectivity index (χ4v) is 2.57. The van der Waals surface area contributed by atoms with Crippen molar-refractivity contribution >= 4 is 17.3 Å². The Bertz CT molecular complexity index is 477. The first-order valence-electron chi connectivity index (χ1n) is 6.78. The Hall–Kier alpha value is -1.84. The molecule has 0 heterocycles. The number of benzene rings is 1. The standard InChI is InChI=1S/C15H20N2O2/c1-11(17-19)13-7-4-8-14(10-13)16-15(18)9-12-5-2-3-6-12/h4,7-8,10,12,19H,2-3,5-6,9H2,1H3,(H,16,18)/b17-11+. The summed E-state index contributed by atoms with van der Waals surface area (Å²) in [5, 5.41) is 14.8. The lowest BCUT2D eigenvalue weighted by atomic mass is 10.0. The SMILES string of the molecule is C/C(=N\O)c1cccc(NC(=O)CC2CCCC2)c1. The molecule has 1 aliphatic carbocycles. The molecule has 0 radical (unpaired) electrons. The second-order valence-electron chi connectivity index (χ2n) is 5.17. The Labute approximate surface area is 113 Å². The van der Waals surface area contributed by atoms with Crippen molar-refractivity contribution in [2.75, 3.05) is 5.32 Å². The van der Waals surface area contributed by atoms with E-state index in [9.17, 15) is 4.79 Å². The summed E-state index contributed by atoms with van der Waals surface area (Å²) >= 11 is 0. The average molecular weight is 260 g/mol. The monoisotopic (exact) mass is 260 g/mol. The van der Waals surface area contributed by atoms with Crippen molar-refractivity contribution in [3.05, 3.63) is 29.8 Å². The van der Waals surface area contributed by atoms with Gasteiger partial charge in [0, 0.05) is 17.7 Å². The number of nitrogens with one attached hydrogen (secondary N) is 1. The van der Waals surface area contributed by atoms with E-state index in [0.29, 0.717) is 18.1 Å². The lowest BCUT2D eigenvalue weighted by Crippen LogP contribution is -2.15. The van der Waals surface area contributed by atoms with Crippen LogP contribution in [0.4, 0.5) is 5.69 Å². The van der Waals surface area contributed by atoms with E-state index in [1.54, 1.807) is 6.92 Å². The number of nitrogens with zero attached hydrogens (tertiary/aromatic N) is 1. The zero-order chi connectivity index (χ0) is 13.7. The minimum Gasteiger partial charge on any atom is -0.411 e. The first kappa shape index (κ1) is 13.6. The molecule has 0 aliphatic heterocycles. The minimum absolute atomic E-state index is 0.0719. The van der Waals surface area contributed by atoms with Crippen LogP contribution < -0.4 is 5.32 Å². The number of oxime groups is 1. The molecule has 102 valence electrons. The van der Waals surface area contributed by atoms with Crippen molar-refractivity contribution in [2.45, 2.75) is 39.0 Å². The van der Waals surface area contributed by atoms with Gasteiger partial charge in [-0.3, -0.25) is 4.79 Å². The Morgan fingerprint density at radius 3 is 2.84 bits per heavy atom. The average Bonchev–Trinajstić information content (AvgIpc) is 2.90. The van der Waals surface area contributed by atoms with Crippen molar-refractivity contribution in [3.8, 4) is 0 Å². The van der Waals surface area contributed by atoms with Crippen LogP contribution in [0.25, 0.3) is 0 Å². The van der Waals surface area contributed by atoms with E-state index in [2.05, 4.69) is 10.5 Å². The van der Waals surface area contributed by atoms with Crippen LogP contribution in [0.1, 0.15) is 44.6 Å². The highest BCUT2D eigenvalue weighted by molar-refractivity contribution is 6.00. The third-order valence-electron chi connectivity index (χ3n) is 3.66. The van der Waals surface area contributed by atoms with Crippen molar-refractivity contribution in [1.29, 1.82) is 0 Å². The Kier molecular flexibility index (Phi) is 4.55. The van der Waals surface area contributed by atoms with Crippen molar-refractivity contribution in [1.82, 2.24) is 0 Å². The summed E-state index contributed by atoms with van der Waals surface area (Å²) in [6.07, 6.45) is 5.45. The predicted molar refractivity (Wildman–Crippen MR) is 75.6 cm³/mol. The lowest BCUT2D eigenvalue weighted by molar-refractivity contribution is -0.117.